The highest BCUT2D eigenvalue weighted by Crippen LogP contribution is 2.45. The Morgan fingerprint density at radius 1 is 0.236 bits per heavy atom. The van der Waals surface area contributed by atoms with E-state index >= 15 is 0 Å². The van der Waals surface area contributed by atoms with Crippen molar-refractivity contribution in [2.45, 2.75) is 0 Å². The van der Waals surface area contributed by atoms with Crippen molar-refractivity contribution in [3.05, 3.63) is 224 Å². The van der Waals surface area contributed by atoms with E-state index in [1.807, 2.05) is 0 Å². The number of hydrogen-bond donors (Lipinski definition) is 0. The van der Waals surface area contributed by atoms with Gasteiger partial charge in [-0.2, -0.15) is 0 Å². The van der Waals surface area contributed by atoms with Crippen LogP contribution in [0.2, 0.25) is 0 Å². The van der Waals surface area contributed by atoms with Gasteiger partial charge in [0.1, 0.15) is 0 Å². The number of fused-ring (bicyclic) bond motifs is 3. The van der Waals surface area contributed by atoms with Crippen LogP contribution in [0, 0.1) is 0 Å². The third-order valence-electron chi connectivity index (χ3n) is 10.9. The first-order chi connectivity index (χ1) is 27.3. The molecule has 0 heterocycles. The van der Waals surface area contributed by atoms with Gasteiger partial charge in [-0.15, -0.1) is 0 Å². The average molecular weight is 700 g/mol. The van der Waals surface area contributed by atoms with Crippen molar-refractivity contribution in [3.63, 3.8) is 0 Å². The molecule has 1 nitrogen and oxygen atoms in total. The molecule has 55 heavy (non-hydrogen) atoms. The smallest absolute Gasteiger partial charge is 0.0546 e. The Morgan fingerprint density at radius 2 is 0.600 bits per heavy atom. The summed E-state index contributed by atoms with van der Waals surface area (Å²) in [6, 6.07) is 81.5. The van der Waals surface area contributed by atoms with Crippen molar-refractivity contribution in [2.24, 2.45) is 0 Å². The molecule has 10 aromatic rings. The molecule has 0 saturated carbocycles. The van der Waals surface area contributed by atoms with Crippen LogP contribution in [0.25, 0.3) is 76.8 Å². The molecule has 0 N–H and O–H groups in total. The summed E-state index contributed by atoms with van der Waals surface area (Å²) in [7, 11) is 0. The maximum absolute atomic E-state index is 2.43. The van der Waals surface area contributed by atoms with Gasteiger partial charge in [0.2, 0.25) is 0 Å². The highest BCUT2D eigenvalue weighted by molar-refractivity contribution is 6.01. The lowest BCUT2D eigenvalue weighted by Gasteiger charge is -2.29. The van der Waals surface area contributed by atoms with Crippen LogP contribution in [0.5, 0.6) is 0 Å². The fraction of sp³-hybridized carbons (Fsp3) is 0. The summed E-state index contributed by atoms with van der Waals surface area (Å²) in [6.45, 7) is 0. The third kappa shape index (κ3) is 6.02. The first kappa shape index (κ1) is 32.4. The number of benzene rings is 10. The summed E-state index contributed by atoms with van der Waals surface area (Å²) in [5.74, 6) is 0. The molecule has 10 aromatic carbocycles. The molecule has 258 valence electrons. The second kappa shape index (κ2) is 14.0. The minimum Gasteiger partial charge on any atom is -0.310 e. The van der Waals surface area contributed by atoms with Crippen LogP contribution in [-0.4, -0.2) is 0 Å². The Morgan fingerprint density at radius 3 is 1.07 bits per heavy atom. The summed E-state index contributed by atoms with van der Waals surface area (Å²) >= 11 is 0. The zero-order chi connectivity index (χ0) is 36.6. The third-order valence-corrected chi connectivity index (χ3v) is 10.9. The van der Waals surface area contributed by atoms with Gasteiger partial charge in [-0.3, -0.25) is 0 Å². The van der Waals surface area contributed by atoms with Gasteiger partial charge in [-0.1, -0.05) is 194 Å². The second-order valence-electron chi connectivity index (χ2n) is 14.1. The molecule has 0 aliphatic heterocycles. The minimum atomic E-state index is 1.09. The molecule has 10 rings (SSSR count). The highest BCUT2D eigenvalue weighted by Gasteiger charge is 2.20. The lowest BCUT2D eigenvalue weighted by atomic mass is 9.93. The van der Waals surface area contributed by atoms with Crippen molar-refractivity contribution in [1.82, 2.24) is 0 Å². The Labute approximate surface area is 322 Å². The Kier molecular flexibility index (Phi) is 8.24. The first-order valence-electron chi connectivity index (χ1n) is 18.9. The van der Waals surface area contributed by atoms with E-state index in [4.69, 9.17) is 0 Å². The number of rotatable bonds is 7. The van der Waals surface area contributed by atoms with Crippen molar-refractivity contribution in [1.29, 1.82) is 0 Å². The van der Waals surface area contributed by atoms with Gasteiger partial charge < -0.3 is 4.90 Å². The molecule has 0 saturated heterocycles. The fourth-order valence-corrected chi connectivity index (χ4v) is 8.18. The van der Waals surface area contributed by atoms with E-state index in [0.29, 0.717) is 0 Å². The van der Waals surface area contributed by atoms with Crippen LogP contribution >= 0.6 is 0 Å². The molecule has 1 heteroatoms. The largest absolute Gasteiger partial charge is 0.310 e. The van der Waals surface area contributed by atoms with Crippen molar-refractivity contribution in [3.8, 4) is 44.5 Å². The van der Waals surface area contributed by atoms with E-state index in [9.17, 15) is 0 Å². The second-order valence-corrected chi connectivity index (χ2v) is 14.1. The molecule has 0 aliphatic carbocycles. The summed E-state index contributed by atoms with van der Waals surface area (Å²) in [5.41, 5.74) is 12.9. The molecule has 0 atom stereocenters. The SMILES string of the molecule is c1ccc(-c2ccc(-c3cccc4ccccc34)cc2N(c2ccc(-c3cccc4ccccc34)cc2)c2ccc(-c3cccc4ccccc34)cc2)cc1. The van der Waals surface area contributed by atoms with Gasteiger partial charge in [0.05, 0.1) is 5.69 Å². The molecule has 0 amide bonds. The maximum atomic E-state index is 2.43. The van der Waals surface area contributed by atoms with Crippen LogP contribution in [0.3, 0.4) is 0 Å². The molecule has 0 aliphatic rings. The van der Waals surface area contributed by atoms with Gasteiger partial charge >= 0.3 is 0 Å². The van der Waals surface area contributed by atoms with Crippen LogP contribution < -0.4 is 4.90 Å². The lowest BCUT2D eigenvalue weighted by molar-refractivity contribution is 1.28. The molecule has 0 radical (unpaired) electrons. The average Bonchev–Trinajstić information content (AvgIpc) is 3.27. The van der Waals surface area contributed by atoms with E-state index < -0.39 is 0 Å². The predicted molar refractivity (Wildman–Crippen MR) is 235 cm³/mol. The summed E-state index contributed by atoms with van der Waals surface area (Å²) < 4.78 is 0. The van der Waals surface area contributed by atoms with Gasteiger partial charge in [-0.05, 0) is 102 Å². The first-order valence-corrected chi connectivity index (χ1v) is 18.9. The Hall–Kier alpha value is -7.22. The zero-order valence-corrected chi connectivity index (χ0v) is 30.3. The normalized spacial score (nSPS) is 11.3. The van der Waals surface area contributed by atoms with E-state index in [1.54, 1.807) is 0 Å². The van der Waals surface area contributed by atoms with Gasteiger partial charge in [0, 0.05) is 16.9 Å². The van der Waals surface area contributed by atoms with Crippen LogP contribution in [0.15, 0.2) is 224 Å². The maximum Gasteiger partial charge on any atom is 0.0546 e. The standard InChI is InChI=1S/C54H37N/c1-2-13-41(14-3-1)53-36-31-44(52-26-12-20-40-17-6-9-23-49(40)52)37-54(53)55(45-32-27-42(28-33-45)50-24-10-18-38-15-4-7-21-47(38)50)46-34-29-43(30-35-46)51-25-11-19-39-16-5-8-22-48(39)51/h1-37H. The summed E-state index contributed by atoms with van der Waals surface area (Å²) in [6.07, 6.45) is 0. The topological polar surface area (TPSA) is 3.24 Å². The molecule has 0 spiro atoms. The van der Waals surface area contributed by atoms with Crippen molar-refractivity contribution >= 4 is 49.4 Å². The quantitative estimate of drug-likeness (QED) is 0.160. The Bertz CT molecular complexity index is 2820. The van der Waals surface area contributed by atoms with Gasteiger partial charge in [-0.25, -0.2) is 0 Å². The number of hydrogen-bond acceptors (Lipinski definition) is 1. The lowest BCUT2D eigenvalue weighted by Crippen LogP contribution is -2.11. The highest BCUT2D eigenvalue weighted by atomic mass is 15.1. The summed E-state index contributed by atoms with van der Waals surface area (Å²) in [5, 5.41) is 7.48. The van der Waals surface area contributed by atoms with E-state index in [0.717, 1.165) is 17.1 Å². The molecule has 0 aromatic heterocycles. The molecular formula is C54H37N. The monoisotopic (exact) mass is 699 g/mol. The van der Waals surface area contributed by atoms with Gasteiger partial charge in [0.25, 0.3) is 0 Å². The minimum absolute atomic E-state index is 1.09. The van der Waals surface area contributed by atoms with E-state index in [-0.39, 0.29) is 0 Å². The van der Waals surface area contributed by atoms with Gasteiger partial charge in [0.15, 0.2) is 0 Å². The summed E-state index contributed by atoms with van der Waals surface area (Å²) in [4.78, 5) is 2.43. The molecule has 0 unspecified atom stereocenters. The van der Waals surface area contributed by atoms with Crippen LogP contribution in [0.4, 0.5) is 17.1 Å². The van der Waals surface area contributed by atoms with Crippen molar-refractivity contribution < 1.29 is 0 Å². The van der Waals surface area contributed by atoms with Crippen molar-refractivity contribution in [2.75, 3.05) is 4.90 Å². The molecule has 0 fully saturated rings. The number of nitrogens with zero attached hydrogens (tertiary/aromatic N) is 1. The van der Waals surface area contributed by atoms with E-state index in [2.05, 4.69) is 229 Å². The van der Waals surface area contributed by atoms with E-state index in [1.165, 1.54) is 76.8 Å². The molecular weight excluding hydrogens is 663 g/mol. The van der Waals surface area contributed by atoms with Crippen LogP contribution in [-0.2, 0) is 0 Å². The predicted octanol–water partition coefficient (Wildman–Crippen LogP) is 15.3. The fourth-order valence-electron chi connectivity index (χ4n) is 8.18. The molecule has 0 bridgehead atoms. The zero-order valence-electron chi connectivity index (χ0n) is 30.3. The van der Waals surface area contributed by atoms with Crippen LogP contribution in [0.1, 0.15) is 0 Å². The number of anilines is 3. The Balaban J connectivity index is 1.17.